The lowest BCUT2D eigenvalue weighted by atomic mass is 9.83. The van der Waals surface area contributed by atoms with Gasteiger partial charge in [-0.1, -0.05) is 12.1 Å². The largest absolute Gasteiger partial charge is 0.309 e. The number of carbonyl (C=O) groups excluding carboxylic acids is 1. The lowest BCUT2D eigenvalue weighted by molar-refractivity contribution is -0.116. The van der Waals surface area contributed by atoms with Gasteiger partial charge in [0, 0.05) is 30.6 Å². The summed E-state index contributed by atoms with van der Waals surface area (Å²) in [4.78, 5) is 12.0. The fourth-order valence-corrected chi connectivity index (χ4v) is 3.07. The molecule has 3 rings (SSSR count). The second kappa shape index (κ2) is 5.02. The number of carbonyl (C=O) groups is 1. The molecule has 2 aromatic rings. The molecule has 0 fully saturated rings. The van der Waals surface area contributed by atoms with Crippen molar-refractivity contribution in [2.75, 3.05) is 5.32 Å². The zero-order chi connectivity index (χ0) is 15.1. The van der Waals surface area contributed by atoms with Gasteiger partial charge in [-0.2, -0.15) is 5.10 Å². The zero-order valence-corrected chi connectivity index (χ0v) is 13.0. The molecule has 110 valence electrons. The molecular weight excluding hydrogens is 262 g/mol. The molecule has 1 N–H and O–H groups in total. The van der Waals surface area contributed by atoms with E-state index in [2.05, 4.69) is 56.4 Å². The first-order chi connectivity index (χ1) is 9.99. The Morgan fingerprint density at radius 1 is 1.19 bits per heavy atom. The third kappa shape index (κ3) is 2.35. The fourth-order valence-electron chi connectivity index (χ4n) is 3.07. The van der Waals surface area contributed by atoms with E-state index in [0.29, 0.717) is 6.42 Å². The van der Waals surface area contributed by atoms with E-state index in [1.165, 1.54) is 22.3 Å². The van der Waals surface area contributed by atoms with Crippen molar-refractivity contribution in [3.05, 3.63) is 46.1 Å². The summed E-state index contributed by atoms with van der Waals surface area (Å²) < 4.78 is 1.89. The van der Waals surface area contributed by atoms with Crippen molar-refractivity contribution in [2.24, 2.45) is 0 Å². The number of nitrogens with zero attached hydrogens (tertiary/aromatic N) is 2. The predicted molar refractivity (Wildman–Crippen MR) is 83.6 cm³/mol. The number of nitrogens with one attached hydrogen (secondary N) is 1. The van der Waals surface area contributed by atoms with Crippen molar-refractivity contribution in [1.29, 1.82) is 0 Å². The van der Waals surface area contributed by atoms with E-state index in [-0.39, 0.29) is 11.8 Å². The second-order valence-corrected chi connectivity index (χ2v) is 5.89. The highest BCUT2D eigenvalue weighted by atomic mass is 16.1. The van der Waals surface area contributed by atoms with Crippen LogP contribution >= 0.6 is 0 Å². The molecule has 4 nitrogen and oxygen atoms in total. The van der Waals surface area contributed by atoms with Crippen LogP contribution in [0.1, 0.15) is 47.1 Å². The van der Waals surface area contributed by atoms with Crippen molar-refractivity contribution >= 4 is 11.7 Å². The monoisotopic (exact) mass is 283 g/mol. The van der Waals surface area contributed by atoms with Crippen molar-refractivity contribution in [2.45, 2.75) is 46.6 Å². The Morgan fingerprint density at radius 3 is 2.62 bits per heavy atom. The molecule has 0 saturated carbocycles. The summed E-state index contributed by atoms with van der Waals surface area (Å²) in [6.07, 6.45) is 2.56. The molecule has 1 aromatic carbocycles. The molecule has 1 unspecified atom stereocenters. The van der Waals surface area contributed by atoms with Crippen LogP contribution in [0.15, 0.2) is 18.3 Å². The van der Waals surface area contributed by atoms with Gasteiger partial charge in [-0.3, -0.25) is 9.48 Å². The van der Waals surface area contributed by atoms with Crippen molar-refractivity contribution < 1.29 is 4.79 Å². The molecule has 21 heavy (non-hydrogen) atoms. The van der Waals surface area contributed by atoms with E-state index in [1.807, 2.05) is 4.68 Å². The van der Waals surface area contributed by atoms with Crippen LogP contribution in [-0.2, 0) is 11.3 Å². The summed E-state index contributed by atoms with van der Waals surface area (Å²) in [5.74, 6) is 0.871. The molecule has 1 atom stereocenters. The van der Waals surface area contributed by atoms with Crippen LogP contribution in [-0.4, -0.2) is 15.7 Å². The molecule has 1 aliphatic heterocycles. The van der Waals surface area contributed by atoms with Gasteiger partial charge in [0.1, 0.15) is 0 Å². The summed E-state index contributed by atoms with van der Waals surface area (Å²) in [7, 11) is 0. The third-order valence-corrected chi connectivity index (χ3v) is 4.39. The molecule has 1 amide bonds. The number of amides is 1. The van der Waals surface area contributed by atoms with E-state index in [0.717, 1.165) is 17.9 Å². The van der Waals surface area contributed by atoms with Crippen molar-refractivity contribution in [3.8, 4) is 0 Å². The molecule has 0 radical (unpaired) electrons. The molecule has 0 saturated heterocycles. The second-order valence-electron chi connectivity index (χ2n) is 5.89. The SMILES string of the molecule is CCn1cc2c(n1)NC(=O)CC2c1cc(C)c(C)cc1C. The van der Waals surface area contributed by atoms with Gasteiger partial charge >= 0.3 is 0 Å². The number of aryl methyl sites for hydroxylation is 4. The third-order valence-electron chi connectivity index (χ3n) is 4.39. The van der Waals surface area contributed by atoms with Crippen LogP contribution in [0.2, 0.25) is 0 Å². The average molecular weight is 283 g/mol. The lowest BCUT2D eigenvalue weighted by Crippen LogP contribution is -2.23. The summed E-state index contributed by atoms with van der Waals surface area (Å²) >= 11 is 0. The first-order valence-electron chi connectivity index (χ1n) is 7.44. The summed E-state index contributed by atoms with van der Waals surface area (Å²) in [6.45, 7) is 9.23. The Hall–Kier alpha value is -2.10. The Balaban J connectivity index is 2.13. The summed E-state index contributed by atoms with van der Waals surface area (Å²) in [5, 5.41) is 7.34. The van der Waals surface area contributed by atoms with Crippen molar-refractivity contribution in [3.63, 3.8) is 0 Å². The van der Waals surface area contributed by atoms with Crippen molar-refractivity contribution in [1.82, 2.24) is 9.78 Å². The minimum atomic E-state index is 0.0477. The number of hydrogen-bond donors (Lipinski definition) is 1. The molecular formula is C17H21N3O. The number of hydrogen-bond acceptors (Lipinski definition) is 2. The number of fused-ring (bicyclic) bond motifs is 1. The predicted octanol–water partition coefficient (Wildman–Crippen LogP) is 3.30. The van der Waals surface area contributed by atoms with E-state index in [4.69, 9.17) is 0 Å². The highest BCUT2D eigenvalue weighted by Gasteiger charge is 2.30. The first-order valence-corrected chi connectivity index (χ1v) is 7.44. The lowest BCUT2D eigenvalue weighted by Gasteiger charge is -2.24. The molecule has 4 heteroatoms. The highest BCUT2D eigenvalue weighted by molar-refractivity contribution is 5.94. The van der Waals surface area contributed by atoms with Crippen LogP contribution in [0.5, 0.6) is 0 Å². The van der Waals surface area contributed by atoms with Crippen LogP contribution in [0.25, 0.3) is 0 Å². The van der Waals surface area contributed by atoms with Gasteiger partial charge in [0.25, 0.3) is 0 Å². The molecule has 2 heterocycles. The maximum atomic E-state index is 12.0. The molecule has 0 aliphatic carbocycles. The minimum Gasteiger partial charge on any atom is -0.309 e. The number of rotatable bonds is 2. The molecule has 1 aliphatic rings. The Bertz CT molecular complexity index is 715. The Kier molecular flexibility index (Phi) is 3.32. The van der Waals surface area contributed by atoms with Gasteiger partial charge in [0.15, 0.2) is 5.82 Å². The van der Waals surface area contributed by atoms with Crippen LogP contribution in [0.4, 0.5) is 5.82 Å². The topological polar surface area (TPSA) is 46.9 Å². The van der Waals surface area contributed by atoms with Crippen LogP contribution in [0, 0.1) is 20.8 Å². The van der Waals surface area contributed by atoms with Gasteiger partial charge in [-0.25, -0.2) is 0 Å². The summed E-state index contributed by atoms with van der Waals surface area (Å²) in [6, 6.07) is 4.43. The molecule has 0 bridgehead atoms. The van der Waals surface area contributed by atoms with E-state index in [1.54, 1.807) is 0 Å². The van der Waals surface area contributed by atoms with Gasteiger partial charge in [-0.15, -0.1) is 0 Å². The van der Waals surface area contributed by atoms with E-state index < -0.39 is 0 Å². The normalized spacial score (nSPS) is 17.5. The van der Waals surface area contributed by atoms with Crippen LogP contribution < -0.4 is 5.32 Å². The number of aromatic nitrogens is 2. The molecule has 1 aromatic heterocycles. The Labute approximate surface area is 125 Å². The maximum absolute atomic E-state index is 12.0. The summed E-state index contributed by atoms with van der Waals surface area (Å²) in [5.41, 5.74) is 6.17. The van der Waals surface area contributed by atoms with Crippen LogP contribution in [0.3, 0.4) is 0 Å². The number of anilines is 1. The first kappa shape index (κ1) is 13.9. The fraction of sp³-hybridized carbons (Fsp3) is 0.412. The van der Waals surface area contributed by atoms with E-state index in [9.17, 15) is 4.79 Å². The highest BCUT2D eigenvalue weighted by Crippen LogP contribution is 2.38. The van der Waals surface area contributed by atoms with E-state index >= 15 is 0 Å². The van der Waals surface area contributed by atoms with Gasteiger partial charge in [0.2, 0.25) is 5.91 Å². The van der Waals surface area contributed by atoms with Gasteiger partial charge < -0.3 is 5.32 Å². The minimum absolute atomic E-state index is 0.0477. The standard InChI is InChI=1S/C17H21N3O/c1-5-20-9-15-14(8-16(21)18-17(15)19-20)13-7-11(3)10(2)6-12(13)4/h6-7,9,14H,5,8H2,1-4H3,(H,18,19,21). The Morgan fingerprint density at radius 2 is 1.90 bits per heavy atom. The maximum Gasteiger partial charge on any atom is 0.226 e. The van der Waals surface area contributed by atoms with Gasteiger partial charge in [0.05, 0.1) is 0 Å². The average Bonchev–Trinajstić information content (AvgIpc) is 2.85. The zero-order valence-electron chi connectivity index (χ0n) is 13.0. The smallest absolute Gasteiger partial charge is 0.226 e. The molecule has 0 spiro atoms. The van der Waals surface area contributed by atoms with Gasteiger partial charge in [-0.05, 0) is 49.9 Å². The number of benzene rings is 1. The quantitative estimate of drug-likeness (QED) is 0.919.